The highest BCUT2D eigenvalue weighted by Gasteiger charge is 2.15. The topological polar surface area (TPSA) is 64.5 Å². The van der Waals surface area contributed by atoms with E-state index in [1.54, 1.807) is 30.3 Å². The smallest absolute Gasteiger partial charge is 0.255 e. The highest BCUT2D eigenvalue weighted by atomic mass is 16.5. The summed E-state index contributed by atoms with van der Waals surface area (Å²) in [5, 5.41) is 0. The van der Waals surface area contributed by atoms with E-state index in [0.29, 0.717) is 30.5 Å². The largest absolute Gasteiger partial charge is 0.481 e. The zero-order valence-electron chi connectivity index (χ0n) is 12.9. The minimum absolute atomic E-state index is 0.124. The van der Waals surface area contributed by atoms with Gasteiger partial charge in [0.25, 0.3) is 5.91 Å². The van der Waals surface area contributed by atoms with Gasteiger partial charge in [-0.3, -0.25) is 4.79 Å². The van der Waals surface area contributed by atoms with Crippen molar-refractivity contribution in [3.8, 4) is 11.8 Å². The maximum Gasteiger partial charge on any atom is 0.255 e. The molecule has 2 aromatic rings. The Bertz CT molecular complexity index is 629. The third-order valence-electron chi connectivity index (χ3n) is 3.08. The Morgan fingerprint density at radius 3 is 2.73 bits per heavy atom. The number of carbonyl (C=O) groups is 1. The molecule has 0 N–H and O–H groups in total. The van der Waals surface area contributed by atoms with E-state index in [2.05, 4.69) is 9.97 Å². The van der Waals surface area contributed by atoms with Gasteiger partial charge in [0, 0.05) is 31.1 Å². The third kappa shape index (κ3) is 3.72. The van der Waals surface area contributed by atoms with Crippen LogP contribution in [-0.4, -0.2) is 41.5 Å². The summed E-state index contributed by atoms with van der Waals surface area (Å²) in [5.74, 6) is 0.907. The summed E-state index contributed by atoms with van der Waals surface area (Å²) in [6.07, 6.45) is 3.17. The van der Waals surface area contributed by atoms with E-state index in [1.165, 1.54) is 13.3 Å². The Labute approximate surface area is 129 Å². The quantitative estimate of drug-likeness (QED) is 0.818. The normalized spacial score (nSPS) is 10.1. The molecule has 0 saturated heterocycles. The van der Waals surface area contributed by atoms with Crippen molar-refractivity contribution in [2.75, 3.05) is 20.8 Å². The molecule has 0 unspecified atom stereocenters. The van der Waals surface area contributed by atoms with Crippen molar-refractivity contribution in [1.29, 1.82) is 0 Å². The molecule has 22 heavy (non-hydrogen) atoms. The lowest BCUT2D eigenvalue weighted by Crippen LogP contribution is -2.26. The minimum atomic E-state index is -0.124. The third-order valence-corrected chi connectivity index (χ3v) is 3.08. The van der Waals surface area contributed by atoms with E-state index < -0.39 is 0 Å². The first-order valence-corrected chi connectivity index (χ1v) is 6.98. The van der Waals surface area contributed by atoms with Crippen LogP contribution in [0.4, 0.5) is 0 Å². The van der Waals surface area contributed by atoms with Crippen LogP contribution < -0.4 is 9.47 Å². The summed E-state index contributed by atoms with van der Waals surface area (Å²) >= 11 is 0. The summed E-state index contributed by atoms with van der Waals surface area (Å²) in [6.45, 7) is 2.84. The molecule has 6 nitrogen and oxygen atoms in total. The molecule has 2 aromatic heterocycles. The number of pyridine rings is 2. The summed E-state index contributed by atoms with van der Waals surface area (Å²) in [4.78, 5) is 22.2. The maximum absolute atomic E-state index is 12.4. The molecular formula is C16H19N3O3. The molecule has 0 fully saturated rings. The molecule has 0 atom stereocenters. The van der Waals surface area contributed by atoms with Crippen molar-refractivity contribution in [1.82, 2.24) is 14.9 Å². The number of hydrogen-bond acceptors (Lipinski definition) is 5. The molecule has 0 radical (unpaired) electrons. The molecule has 0 aliphatic rings. The number of carbonyl (C=O) groups excluding carboxylic acids is 1. The standard InChI is InChI=1S/C16H19N3O3/c1-4-22-15-13(6-5-9-17-15)11-19(2)16(20)12-7-8-14(21-3)18-10-12/h5-10H,4,11H2,1-3H3. The van der Waals surface area contributed by atoms with Gasteiger partial charge in [-0.25, -0.2) is 9.97 Å². The molecule has 1 amide bonds. The lowest BCUT2D eigenvalue weighted by atomic mass is 10.2. The molecular weight excluding hydrogens is 282 g/mol. The average molecular weight is 301 g/mol. The number of hydrogen-bond donors (Lipinski definition) is 0. The number of amides is 1. The molecule has 0 saturated carbocycles. The number of nitrogens with zero attached hydrogens (tertiary/aromatic N) is 3. The Kier molecular flexibility index (Phi) is 5.30. The van der Waals surface area contributed by atoms with E-state index >= 15 is 0 Å². The zero-order valence-corrected chi connectivity index (χ0v) is 12.9. The minimum Gasteiger partial charge on any atom is -0.481 e. The molecule has 0 aliphatic heterocycles. The fraction of sp³-hybridized carbons (Fsp3) is 0.312. The number of methoxy groups -OCH3 is 1. The number of aromatic nitrogens is 2. The Hall–Kier alpha value is -2.63. The molecule has 0 aliphatic carbocycles. The van der Waals surface area contributed by atoms with Gasteiger partial charge in [-0.05, 0) is 19.1 Å². The van der Waals surface area contributed by atoms with E-state index in [4.69, 9.17) is 9.47 Å². The molecule has 0 spiro atoms. The summed E-state index contributed by atoms with van der Waals surface area (Å²) in [6, 6.07) is 7.08. The van der Waals surface area contributed by atoms with E-state index in [-0.39, 0.29) is 5.91 Å². The van der Waals surface area contributed by atoms with Crippen LogP contribution in [0.2, 0.25) is 0 Å². The first-order valence-electron chi connectivity index (χ1n) is 6.98. The molecule has 2 heterocycles. The van der Waals surface area contributed by atoms with Crippen LogP contribution in [0.5, 0.6) is 11.8 Å². The molecule has 116 valence electrons. The van der Waals surface area contributed by atoms with Gasteiger partial charge in [0.15, 0.2) is 0 Å². The van der Waals surface area contributed by atoms with Crippen molar-refractivity contribution >= 4 is 5.91 Å². The first kappa shape index (κ1) is 15.8. The molecule has 2 rings (SSSR count). The predicted molar refractivity (Wildman–Crippen MR) is 82.0 cm³/mol. The van der Waals surface area contributed by atoms with Crippen molar-refractivity contribution < 1.29 is 14.3 Å². The lowest BCUT2D eigenvalue weighted by Gasteiger charge is -2.18. The fourth-order valence-electron chi connectivity index (χ4n) is 1.99. The van der Waals surface area contributed by atoms with Crippen molar-refractivity contribution in [2.45, 2.75) is 13.5 Å². The molecule has 0 bridgehead atoms. The second kappa shape index (κ2) is 7.40. The van der Waals surface area contributed by atoms with Crippen molar-refractivity contribution in [3.05, 3.63) is 47.8 Å². The highest BCUT2D eigenvalue weighted by molar-refractivity contribution is 5.93. The van der Waals surface area contributed by atoms with E-state index in [0.717, 1.165) is 5.56 Å². The monoisotopic (exact) mass is 301 g/mol. The van der Waals surface area contributed by atoms with Crippen LogP contribution in [0.3, 0.4) is 0 Å². The van der Waals surface area contributed by atoms with Crippen molar-refractivity contribution in [3.63, 3.8) is 0 Å². The van der Waals surface area contributed by atoms with Gasteiger partial charge in [0.1, 0.15) is 0 Å². The van der Waals surface area contributed by atoms with Gasteiger partial charge in [-0.2, -0.15) is 0 Å². The van der Waals surface area contributed by atoms with Crippen LogP contribution in [-0.2, 0) is 6.54 Å². The van der Waals surface area contributed by atoms with Gasteiger partial charge in [0.2, 0.25) is 11.8 Å². The predicted octanol–water partition coefficient (Wildman–Crippen LogP) is 2.16. The van der Waals surface area contributed by atoms with Gasteiger partial charge >= 0.3 is 0 Å². The van der Waals surface area contributed by atoms with Gasteiger partial charge < -0.3 is 14.4 Å². The van der Waals surface area contributed by atoms with Gasteiger partial charge in [0.05, 0.1) is 25.8 Å². The first-order chi connectivity index (χ1) is 10.7. The second-order valence-corrected chi connectivity index (χ2v) is 4.65. The summed E-state index contributed by atoms with van der Waals surface area (Å²) < 4.78 is 10.5. The van der Waals surface area contributed by atoms with Crippen LogP contribution in [0.1, 0.15) is 22.8 Å². The average Bonchev–Trinajstić information content (AvgIpc) is 2.56. The Balaban J connectivity index is 2.10. The van der Waals surface area contributed by atoms with E-state index in [9.17, 15) is 4.79 Å². The zero-order chi connectivity index (χ0) is 15.9. The summed E-state index contributed by atoms with van der Waals surface area (Å²) in [5.41, 5.74) is 1.37. The second-order valence-electron chi connectivity index (χ2n) is 4.65. The van der Waals surface area contributed by atoms with E-state index in [1.807, 2.05) is 19.1 Å². The number of ether oxygens (including phenoxy) is 2. The van der Waals surface area contributed by atoms with Crippen molar-refractivity contribution in [2.24, 2.45) is 0 Å². The fourth-order valence-corrected chi connectivity index (χ4v) is 1.99. The van der Waals surface area contributed by atoms with Gasteiger partial charge in [-0.1, -0.05) is 6.07 Å². The highest BCUT2D eigenvalue weighted by Crippen LogP contribution is 2.17. The van der Waals surface area contributed by atoms with Crippen LogP contribution >= 0.6 is 0 Å². The van der Waals surface area contributed by atoms with Gasteiger partial charge in [-0.15, -0.1) is 0 Å². The maximum atomic E-state index is 12.4. The van der Waals surface area contributed by atoms with Crippen LogP contribution in [0.15, 0.2) is 36.7 Å². The Morgan fingerprint density at radius 1 is 1.27 bits per heavy atom. The summed E-state index contributed by atoms with van der Waals surface area (Å²) in [7, 11) is 3.27. The molecule has 6 heteroatoms. The number of rotatable bonds is 6. The Morgan fingerprint density at radius 2 is 2.09 bits per heavy atom. The molecule has 0 aromatic carbocycles. The van der Waals surface area contributed by atoms with Crippen LogP contribution in [0, 0.1) is 0 Å². The SMILES string of the molecule is CCOc1ncccc1CN(C)C(=O)c1ccc(OC)nc1. The van der Waals surface area contributed by atoms with Crippen LogP contribution in [0.25, 0.3) is 0 Å². The lowest BCUT2D eigenvalue weighted by molar-refractivity contribution is 0.0783.